The molecule has 1 heterocycles. The monoisotopic (exact) mass is 210 g/mol. The van der Waals surface area contributed by atoms with Crippen LogP contribution in [0, 0.1) is 5.92 Å². The first-order chi connectivity index (χ1) is 7.15. The summed E-state index contributed by atoms with van der Waals surface area (Å²) in [4.78, 5) is 22.4. The fourth-order valence-corrected chi connectivity index (χ4v) is 2.50. The molecule has 0 radical (unpaired) electrons. The van der Waals surface area contributed by atoms with Crippen molar-refractivity contribution in [2.24, 2.45) is 5.92 Å². The molecular weight excluding hydrogens is 192 g/mol. The van der Waals surface area contributed by atoms with Crippen molar-refractivity contribution in [1.29, 1.82) is 0 Å². The Morgan fingerprint density at radius 3 is 2.67 bits per heavy atom. The number of piperidine rings is 1. The lowest BCUT2D eigenvalue weighted by Crippen LogP contribution is -2.52. The predicted molar refractivity (Wildman–Crippen MR) is 56.1 cm³/mol. The van der Waals surface area contributed by atoms with E-state index in [1.807, 2.05) is 0 Å². The standard InChI is InChI=1S/C11H18N2O2/c1-7-2-3-8(6-7)12-9-4-5-10(14)13-11(9)15/h7-9,12H,2-6H2,1H3,(H,13,14,15). The van der Waals surface area contributed by atoms with Crippen molar-refractivity contribution < 1.29 is 9.59 Å². The highest BCUT2D eigenvalue weighted by Gasteiger charge is 2.30. The number of rotatable bonds is 2. The second kappa shape index (κ2) is 4.31. The number of nitrogens with one attached hydrogen (secondary N) is 2. The van der Waals surface area contributed by atoms with Crippen LogP contribution in [0.3, 0.4) is 0 Å². The zero-order valence-electron chi connectivity index (χ0n) is 9.08. The number of hydrogen-bond acceptors (Lipinski definition) is 3. The van der Waals surface area contributed by atoms with Crippen LogP contribution in [0.15, 0.2) is 0 Å². The topological polar surface area (TPSA) is 58.2 Å². The number of carbonyl (C=O) groups is 2. The largest absolute Gasteiger partial charge is 0.303 e. The highest BCUT2D eigenvalue weighted by Crippen LogP contribution is 2.25. The average Bonchev–Trinajstić information content (AvgIpc) is 2.56. The second-order valence-corrected chi connectivity index (χ2v) is 4.79. The molecule has 3 unspecified atom stereocenters. The van der Waals surface area contributed by atoms with E-state index >= 15 is 0 Å². The van der Waals surface area contributed by atoms with E-state index in [0.29, 0.717) is 18.9 Å². The zero-order chi connectivity index (χ0) is 10.8. The molecule has 0 spiro atoms. The van der Waals surface area contributed by atoms with Gasteiger partial charge in [0, 0.05) is 12.5 Å². The normalized spacial score (nSPS) is 36.7. The Morgan fingerprint density at radius 2 is 2.07 bits per heavy atom. The molecule has 2 amide bonds. The number of hydrogen-bond donors (Lipinski definition) is 2. The van der Waals surface area contributed by atoms with Crippen molar-refractivity contribution in [3.63, 3.8) is 0 Å². The molecule has 2 fully saturated rings. The van der Waals surface area contributed by atoms with Crippen LogP contribution >= 0.6 is 0 Å². The minimum atomic E-state index is -0.155. The maximum atomic E-state index is 11.5. The van der Waals surface area contributed by atoms with E-state index < -0.39 is 0 Å². The van der Waals surface area contributed by atoms with Crippen molar-refractivity contribution in [1.82, 2.24) is 10.6 Å². The Morgan fingerprint density at radius 1 is 1.27 bits per heavy atom. The van der Waals surface area contributed by atoms with Gasteiger partial charge in [-0.15, -0.1) is 0 Å². The van der Waals surface area contributed by atoms with Gasteiger partial charge in [-0.25, -0.2) is 0 Å². The average molecular weight is 210 g/mol. The van der Waals surface area contributed by atoms with E-state index in [0.717, 1.165) is 18.8 Å². The summed E-state index contributed by atoms with van der Waals surface area (Å²) in [6.07, 6.45) is 4.66. The fraction of sp³-hybridized carbons (Fsp3) is 0.818. The quantitative estimate of drug-likeness (QED) is 0.655. The van der Waals surface area contributed by atoms with E-state index in [2.05, 4.69) is 17.6 Å². The van der Waals surface area contributed by atoms with Crippen LogP contribution < -0.4 is 10.6 Å². The minimum Gasteiger partial charge on any atom is -0.303 e. The highest BCUT2D eigenvalue weighted by atomic mass is 16.2. The van der Waals surface area contributed by atoms with Crippen LogP contribution in [0.4, 0.5) is 0 Å². The molecule has 4 heteroatoms. The summed E-state index contributed by atoms with van der Waals surface area (Å²) in [5.41, 5.74) is 0. The van der Waals surface area contributed by atoms with Gasteiger partial charge in [0.15, 0.2) is 0 Å². The summed E-state index contributed by atoms with van der Waals surface area (Å²) in [5.74, 6) is 0.472. The van der Waals surface area contributed by atoms with Crippen LogP contribution in [0.2, 0.25) is 0 Å². The minimum absolute atomic E-state index is 0.141. The van der Waals surface area contributed by atoms with E-state index in [4.69, 9.17) is 0 Å². The van der Waals surface area contributed by atoms with Gasteiger partial charge in [-0.1, -0.05) is 6.92 Å². The van der Waals surface area contributed by atoms with Crippen LogP contribution in [-0.4, -0.2) is 23.9 Å². The summed E-state index contributed by atoms with van der Waals surface area (Å²) < 4.78 is 0. The van der Waals surface area contributed by atoms with Crippen LogP contribution in [0.25, 0.3) is 0 Å². The van der Waals surface area contributed by atoms with Gasteiger partial charge in [0.2, 0.25) is 11.8 Å². The number of imide groups is 1. The van der Waals surface area contributed by atoms with E-state index in [1.165, 1.54) is 6.42 Å². The summed E-state index contributed by atoms with van der Waals surface area (Å²) in [7, 11) is 0. The molecule has 84 valence electrons. The third-order valence-electron chi connectivity index (χ3n) is 3.37. The van der Waals surface area contributed by atoms with Crippen molar-refractivity contribution in [3.05, 3.63) is 0 Å². The Kier molecular flexibility index (Phi) is 3.05. The van der Waals surface area contributed by atoms with Gasteiger partial charge in [-0.2, -0.15) is 0 Å². The molecule has 4 nitrogen and oxygen atoms in total. The molecule has 0 aromatic rings. The van der Waals surface area contributed by atoms with Gasteiger partial charge in [-0.05, 0) is 31.6 Å². The summed E-state index contributed by atoms with van der Waals surface area (Å²) in [6.45, 7) is 2.24. The Hall–Kier alpha value is -0.900. The van der Waals surface area contributed by atoms with Gasteiger partial charge in [0.25, 0.3) is 0 Å². The van der Waals surface area contributed by atoms with Gasteiger partial charge in [0.05, 0.1) is 6.04 Å². The van der Waals surface area contributed by atoms with E-state index in [1.54, 1.807) is 0 Å². The number of amides is 2. The molecule has 1 saturated heterocycles. The third kappa shape index (κ3) is 2.56. The lowest BCUT2D eigenvalue weighted by molar-refractivity contribution is -0.134. The van der Waals surface area contributed by atoms with Gasteiger partial charge in [-0.3, -0.25) is 14.9 Å². The second-order valence-electron chi connectivity index (χ2n) is 4.79. The molecule has 2 N–H and O–H groups in total. The lowest BCUT2D eigenvalue weighted by Gasteiger charge is -2.25. The maximum Gasteiger partial charge on any atom is 0.243 e. The van der Waals surface area contributed by atoms with E-state index in [9.17, 15) is 9.59 Å². The molecule has 1 aliphatic carbocycles. The van der Waals surface area contributed by atoms with Gasteiger partial charge < -0.3 is 5.32 Å². The SMILES string of the molecule is CC1CCC(NC2CCC(=O)NC2=O)C1. The van der Waals surface area contributed by atoms with Gasteiger partial charge in [0.1, 0.15) is 0 Å². The molecule has 15 heavy (non-hydrogen) atoms. The molecular formula is C11H18N2O2. The van der Waals surface area contributed by atoms with Gasteiger partial charge >= 0.3 is 0 Å². The summed E-state index contributed by atoms with van der Waals surface area (Å²) >= 11 is 0. The molecule has 3 atom stereocenters. The summed E-state index contributed by atoms with van der Waals surface area (Å²) in [6, 6.07) is 0.307. The first-order valence-corrected chi connectivity index (χ1v) is 5.75. The fourth-order valence-electron chi connectivity index (χ4n) is 2.50. The summed E-state index contributed by atoms with van der Waals surface area (Å²) in [5, 5.41) is 5.73. The first-order valence-electron chi connectivity index (χ1n) is 5.75. The van der Waals surface area contributed by atoms with Crippen molar-refractivity contribution >= 4 is 11.8 Å². The van der Waals surface area contributed by atoms with Crippen molar-refractivity contribution in [2.45, 2.75) is 51.1 Å². The van der Waals surface area contributed by atoms with Crippen molar-refractivity contribution in [3.8, 4) is 0 Å². The molecule has 1 aliphatic heterocycles. The highest BCUT2D eigenvalue weighted by molar-refractivity contribution is 6.00. The molecule has 2 rings (SSSR count). The van der Waals surface area contributed by atoms with Crippen LogP contribution in [-0.2, 0) is 9.59 Å². The Labute approximate surface area is 89.8 Å². The molecule has 2 aliphatic rings. The molecule has 0 aromatic carbocycles. The van der Waals surface area contributed by atoms with Crippen LogP contribution in [0.5, 0.6) is 0 Å². The predicted octanol–water partition coefficient (Wildman–Crippen LogP) is 0.570. The maximum absolute atomic E-state index is 11.5. The Balaban J connectivity index is 1.84. The smallest absolute Gasteiger partial charge is 0.243 e. The van der Waals surface area contributed by atoms with E-state index in [-0.39, 0.29) is 17.9 Å². The van der Waals surface area contributed by atoms with Crippen LogP contribution in [0.1, 0.15) is 39.0 Å². The van der Waals surface area contributed by atoms with Crippen molar-refractivity contribution in [2.75, 3.05) is 0 Å². The first kappa shape index (κ1) is 10.6. The lowest BCUT2D eigenvalue weighted by atomic mass is 10.0. The Bertz CT molecular complexity index is 278. The number of carbonyl (C=O) groups excluding carboxylic acids is 2. The zero-order valence-corrected chi connectivity index (χ0v) is 9.08. The molecule has 0 bridgehead atoms. The molecule has 1 saturated carbocycles. The molecule has 0 aromatic heterocycles. The third-order valence-corrected chi connectivity index (χ3v) is 3.37.